The molecule has 3 fully saturated rings. The Kier molecular flexibility index (Phi) is 11.2. The molecular formula is C39H51ClN6O6. The summed E-state index contributed by atoms with van der Waals surface area (Å²) in [5.41, 5.74) is 0.298. The third-order valence-corrected chi connectivity index (χ3v) is 11.0. The van der Waals surface area contributed by atoms with E-state index in [1.54, 1.807) is 6.07 Å². The third-order valence-electron chi connectivity index (χ3n) is 10.8. The molecule has 1 saturated heterocycles. The Morgan fingerprint density at radius 1 is 1.04 bits per heavy atom. The number of halogens is 1. The van der Waals surface area contributed by atoms with Crippen LogP contribution in [-0.4, -0.2) is 81.3 Å². The van der Waals surface area contributed by atoms with E-state index in [0.717, 1.165) is 49.5 Å². The fraction of sp³-hybridized carbons (Fsp3) is 0.615. The lowest BCUT2D eigenvalue weighted by Crippen LogP contribution is -2.59. The van der Waals surface area contributed by atoms with Crippen LogP contribution in [0, 0.1) is 11.3 Å². The summed E-state index contributed by atoms with van der Waals surface area (Å²) < 4.78 is 0. The SMILES string of the molecule is CCC[C@H](NC(=O)[C@@H]1C[C@]2(CC(c3cc(Cl)nc4ccccc34)=NO2)CN1C(=O)[C@@H](NC(=O)CC1CCCCC1)C(C)(C)C)C(=O)C(=O)NC1CC1. The van der Waals surface area contributed by atoms with Gasteiger partial charge < -0.3 is 25.7 Å². The molecule has 2 saturated carbocycles. The predicted octanol–water partition coefficient (Wildman–Crippen LogP) is 4.99. The molecule has 13 heteroatoms. The van der Waals surface area contributed by atoms with E-state index >= 15 is 0 Å². The first kappa shape index (κ1) is 37.7. The molecule has 3 heterocycles. The Balaban J connectivity index is 1.27. The lowest BCUT2D eigenvalue weighted by atomic mass is 9.84. The predicted molar refractivity (Wildman–Crippen MR) is 197 cm³/mol. The van der Waals surface area contributed by atoms with Gasteiger partial charge in [0.05, 0.1) is 23.8 Å². The van der Waals surface area contributed by atoms with E-state index in [9.17, 15) is 24.0 Å². The summed E-state index contributed by atoms with van der Waals surface area (Å²) >= 11 is 6.41. The maximum Gasteiger partial charge on any atom is 0.289 e. The molecule has 2 aliphatic heterocycles. The number of pyridine rings is 1. The fourth-order valence-corrected chi connectivity index (χ4v) is 8.01. The molecule has 4 aliphatic rings. The van der Waals surface area contributed by atoms with Crippen molar-refractivity contribution in [2.24, 2.45) is 16.5 Å². The molecule has 0 bridgehead atoms. The van der Waals surface area contributed by atoms with E-state index in [2.05, 4.69) is 26.1 Å². The number of likely N-dealkylation sites (tertiary alicyclic amines) is 1. The first-order chi connectivity index (χ1) is 24.8. The van der Waals surface area contributed by atoms with Crippen LogP contribution in [-0.2, 0) is 28.8 Å². The molecule has 0 radical (unpaired) electrons. The van der Waals surface area contributed by atoms with E-state index in [0.29, 0.717) is 29.2 Å². The number of oxime groups is 1. The number of carbonyl (C=O) groups excluding carboxylic acids is 5. The molecule has 280 valence electrons. The summed E-state index contributed by atoms with van der Waals surface area (Å²) in [5, 5.41) is 14.2. The van der Waals surface area contributed by atoms with Gasteiger partial charge in [0.15, 0.2) is 5.60 Å². The van der Waals surface area contributed by atoms with E-state index in [1.807, 2.05) is 52.0 Å². The minimum atomic E-state index is -1.06. The average Bonchev–Trinajstić information content (AvgIpc) is 3.70. The average molecular weight is 735 g/mol. The zero-order valence-electron chi connectivity index (χ0n) is 30.6. The number of hydrogen-bond acceptors (Lipinski definition) is 8. The van der Waals surface area contributed by atoms with Gasteiger partial charge in [-0.25, -0.2) is 4.98 Å². The van der Waals surface area contributed by atoms with Gasteiger partial charge in [-0.1, -0.05) is 88.3 Å². The summed E-state index contributed by atoms with van der Waals surface area (Å²) in [6.07, 6.45) is 8.52. The normalized spacial score (nSPS) is 23.1. The van der Waals surface area contributed by atoms with Crippen molar-refractivity contribution in [1.29, 1.82) is 0 Å². The van der Waals surface area contributed by atoms with Crippen LogP contribution in [0.4, 0.5) is 0 Å². The van der Waals surface area contributed by atoms with Crippen molar-refractivity contribution in [2.75, 3.05) is 6.54 Å². The van der Waals surface area contributed by atoms with Crippen LogP contribution < -0.4 is 16.0 Å². The molecule has 4 amide bonds. The number of ketones is 1. The quantitative estimate of drug-likeness (QED) is 0.205. The van der Waals surface area contributed by atoms with Gasteiger partial charge in [-0.05, 0) is 55.6 Å². The van der Waals surface area contributed by atoms with Crippen LogP contribution in [0.3, 0.4) is 0 Å². The number of hydrogen-bond donors (Lipinski definition) is 3. The summed E-state index contributed by atoms with van der Waals surface area (Å²) in [5.74, 6) is -2.31. The molecule has 12 nitrogen and oxygen atoms in total. The molecule has 1 aromatic carbocycles. The minimum Gasteiger partial charge on any atom is -0.387 e. The largest absolute Gasteiger partial charge is 0.387 e. The number of amides is 4. The Bertz CT molecular complexity index is 1750. The summed E-state index contributed by atoms with van der Waals surface area (Å²) in [6, 6.07) is 6.24. The van der Waals surface area contributed by atoms with Crippen LogP contribution in [0.15, 0.2) is 35.5 Å². The van der Waals surface area contributed by atoms with Gasteiger partial charge in [-0.15, -0.1) is 0 Å². The van der Waals surface area contributed by atoms with E-state index in [4.69, 9.17) is 16.4 Å². The van der Waals surface area contributed by atoms with Crippen LogP contribution >= 0.6 is 11.6 Å². The zero-order chi connectivity index (χ0) is 37.2. The van der Waals surface area contributed by atoms with Crippen molar-refractivity contribution in [1.82, 2.24) is 25.8 Å². The summed E-state index contributed by atoms with van der Waals surface area (Å²) in [4.78, 5) is 80.5. The lowest BCUT2D eigenvalue weighted by Gasteiger charge is -2.36. The summed E-state index contributed by atoms with van der Waals surface area (Å²) in [6.45, 7) is 7.55. The number of rotatable bonds is 12. The number of carbonyl (C=O) groups is 5. The first-order valence-corrected chi connectivity index (χ1v) is 19.2. The number of benzene rings is 1. The van der Waals surface area contributed by atoms with Crippen LogP contribution in [0.2, 0.25) is 5.15 Å². The second-order valence-corrected chi connectivity index (χ2v) is 16.6. The van der Waals surface area contributed by atoms with Gasteiger partial charge >= 0.3 is 0 Å². The van der Waals surface area contributed by atoms with Gasteiger partial charge in [0.1, 0.15) is 17.2 Å². The van der Waals surface area contributed by atoms with Gasteiger partial charge in [0, 0.05) is 36.3 Å². The molecule has 52 heavy (non-hydrogen) atoms. The maximum absolute atomic E-state index is 14.7. The van der Waals surface area contributed by atoms with Gasteiger partial charge in [-0.3, -0.25) is 24.0 Å². The van der Waals surface area contributed by atoms with Crippen molar-refractivity contribution in [3.05, 3.63) is 41.0 Å². The van der Waals surface area contributed by atoms with Crippen molar-refractivity contribution >= 4 is 57.6 Å². The molecule has 0 unspecified atom stereocenters. The van der Waals surface area contributed by atoms with Crippen molar-refractivity contribution in [3.8, 4) is 0 Å². The standard InChI is InChI=1S/C39H51ClN6O6/c1-5-11-28(33(48)36(50)41-24-16-17-24)43-35(49)30-21-39(20-29(45-52-39)26-19-31(40)42-27-15-10-9-14-25(26)27)22-46(30)37(51)34(38(2,3)4)44-32(47)18-23-12-7-6-8-13-23/h9-10,14-15,19,23-24,28,30,34H,5-8,11-13,16-18,20-22H2,1-4H3,(H,41,50)(H,43,49)(H,44,47)/t28-,30-,34+,39+/m0/s1. The second kappa shape index (κ2) is 15.5. The topological polar surface area (TPSA) is 159 Å². The molecule has 2 aromatic rings. The lowest BCUT2D eigenvalue weighted by molar-refractivity contribution is -0.145. The van der Waals surface area contributed by atoms with Gasteiger partial charge in [0.25, 0.3) is 5.91 Å². The van der Waals surface area contributed by atoms with Crippen molar-refractivity contribution < 1.29 is 28.8 Å². The number of fused-ring (bicyclic) bond motifs is 1. The van der Waals surface area contributed by atoms with Crippen molar-refractivity contribution in [2.45, 2.75) is 135 Å². The van der Waals surface area contributed by atoms with E-state index < -0.39 is 52.6 Å². The molecular weight excluding hydrogens is 684 g/mol. The highest BCUT2D eigenvalue weighted by atomic mass is 35.5. The Morgan fingerprint density at radius 3 is 2.46 bits per heavy atom. The maximum atomic E-state index is 14.7. The number of para-hydroxylation sites is 1. The first-order valence-electron chi connectivity index (χ1n) is 18.8. The molecule has 4 atom stereocenters. The summed E-state index contributed by atoms with van der Waals surface area (Å²) in [7, 11) is 0. The Morgan fingerprint density at radius 2 is 1.77 bits per heavy atom. The van der Waals surface area contributed by atoms with Gasteiger partial charge in [0.2, 0.25) is 23.5 Å². The fourth-order valence-electron chi connectivity index (χ4n) is 7.81. The minimum absolute atomic E-state index is 0.0130. The highest BCUT2D eigenvalue weighted by molar-refractivity contribution is 6.38. The Labute approximate surface area is 310 Å². The second-order valence-electron chi connectivity index (χ2n) is 16.2. The molecule has 1 aromatic heterocycles. The monoisotopic (exact) mass is 734 g/mol. The smallest absolute Gasteiger partial charge is 0.289 e. The molecule has 1 spiro atoms. The van der Waals surface area contributed by atoms with Crippen LogP contribution in [0.25, 0.3) is 10.9 Å². The number of nitrogens with one attached hydrogen (secondary N) is 3. The van der Waals surface area contributed by atoms with Crippen LogP contribution in [0.1, 0.15) is 110 Å². The highest BCUT2D eigenvalue weighted by Crippen LogP contribution is 2.41. The third kappa shape index (κ3) is 8.59. The van der Waals surface area contributed by atoms with Crippen LogP contribution in [0.5, 0.6) is 0 Å². The number of Topliss-reactive ketones (excluding diaryl/α,β-unsaturated/α-hetero) is 1. The van der Waals surface area contributed by atoms with E-state index in [-0.39, 0.29) is 43.7 Å². The molecule has 2 aliphatic carbocycles. The molecule has 3 N–H and O–H groups in total. The van der Waals surface area contributed by atoms with Gasteiger partial charge in [-0.2, -0.15) is 0 Å². The number of nitrogens with zero attached hydrogens (tertiary/aromatic N) is 3. The Hall–Kier alpha value is -4.06. The highest BCUT2D eigenvalue weighted by Gasteiger charge is 2.56. The molecule has 6 rings (SSSR count). The number of aromatic nitrogens is 1. The van der Waals surface area contributed by atoms with E-state index in [1.165, 1.54) is 11.3 Å². The zero-order valence-corrected chi connectivity index (χ0v) is 31.4. The van der Waals surface area contributed by atoms with Crippen molar-refractivity contribution in [3.63, 3.8) is 0 Å².